The molecule has 1 aromatic heterocycles. The Balaban J connectivity index is 1.86. The highest BCUT2D eigenvalue weighted by Crippen LogP contribution is 2.16. The first kappa shape index (κ1) is 14.2. The summed E-state index contributed by atoms with van der Waals surface area (Å²) >= 11 is 0. The molecule has 0 radical (unpaired) electrons. The molecule has 0 amide bonds. The molecule has 19 heavy (non-hydrogen) atoms. The standard InChI is InChI=1S/C14H23N3O2/c1-11(2)9-17-14(15-10-16-17)8-12(18)7-13-5-3-4-6-19-13/h10-11,13H,3-9H2,1-2H3. The number of ketones is 1. The van der Waals surface area contributed by atoms with Crippen LogP contribution in [0.2, 0.25) is 0 Å². The Hall–Kier alpha value is -1.23. The predicted molar refractivity (Wildman–Crippen MR) is 71.8 cm³/mol. The molecule has 1 unspecified atom stereocenters. The van der Waals surface area contributed by atoms with Gasteiger partial charge in [0, 0.05) is 19.6 Å². The van der Waals surface area contributed by atoms with Crippen molar-refractivity contribution < 1.29 is 9.53 Å². The van der Waals surface area contributed by atoms with E-state index in [4.69, 9.17) is 4.74 Å². The first-order chi connectivity index (χ1) is 9.15. The van der Waals surface area contributed by atoms with Crippen molar-refractivity contribution in [2.45, 2.75) is 58.6 Å². The van der Waals surface area contributed by atoms with Crippen LogP contribution in [0.4, 0.5) is 0 Å². The lowest BCUT2D eigenvalue weighted by molar-refractivity contribution is -0.122. The molecule has 2 rings (SSSR count). The molecule has 0 N–H and O–H groups in total. The molecule has 0 aromatic carbocycles. The maximum absolute atomic E-state index is 12.1. The van der Waals surface area contributed by atoms with Crippen molar-refractivity contribution in [2.75, 3.05) is 6.61 Å². The summed E-state index contributed by atoms with van der Waals surface area (Å²) < 4.78 is 7.44. The number of ether oxygens (including phenoxy) is 1. The van der Waals surface area contributed by atoms with Crippen molar-refractivity contribution in [2.24, 2.45) is 5.92 Å². The maximum atomic E-state index is 12.1. The quantitative estimate of drug-likeness (QED) is 0.789. The van der Waals surface area contributed by atoms with Gasteiger partial charge in [-0.1, -0.05) is 13.8 Å². The van der Waals surface area contributed by atoms with Gasteiger partial charge in [-0.25, -0.2) is 9.67 Å². The molecular weight excluding hydrogens is 242 g/mol. The fourth-order valence-corrected chi connectivity index (χ4v) is 2.39. The third-order valence-corrected chi connectivity index (χ3v) is 3.32. The average Bonchev–Trinajstić information content (AvgIpc) is 2.77. The second kappa shape index (κ2) is 6.80. The molecule has 1 aromatic rings. The summed E-state index contributed by atoms with van der Waals surface area (Å²) in [5.41, 5.74) is 0. The summed E-state index contributed by atoms with van der Waals surface area (Å²) in [6.07, 6.45) is 5.81. The van der Waals surface area contributed by atoms with Gasteiger partial charge in [-0.15, -0.1) is 0 Å². The zero-order chi connectivity index (χ0) is 13.7. The Morgan fingerprint density at radius 3 is 3.05 bits per heavy atom. The lowest BCUT2D eigenvalue weighted by Crippen LogP contribution is -2.24. The number of hydrogen-bond acceptors (Lipinski definition) is 4. The SMILES string of the molecule is CC(C)Cn1ncnc1CC(=O)CC1CCCCO1. The molecule has 106 valence electrons. The van der Waals surface area contributed by atoms with Crippen LogP contribution in [0, 0.1) is 5.92 Å². The molecule has 1 aliphatic rings. The summed E-state index contributed by atoms with van der Waals surface area (Å²) in [6.45, 7) is 5.86. The van der Waals surface area contributed by atoms with Crippen molar-refractivity contribution >= 4 is 5.78 Å². The topological polar surface area (TPSA) is 57.0 Å². The summed E-state index contributed by atoms with van der Waals surface area (Å²) in [6, 6.07) is 0. The van der Waals surface area contributed by atoms with E-state index >= 15 is 0 Å². The molecule has 1 saturated heterocycles. The minimum atomic E-state index is 0.114. The lowest BCUT2D eigenvalue weighted by Gasteiger charge is -2.21. The van der Waals surface area contributed by atoms with Crippen LogP contribution in [0.25, 0.3) is 0 Å². The number of carbonyl (C=O) groups is 1. The number of hydrogen-bond donors (Lipinski definition) is 0. The van der Waals surface area contributed by atoms with E-state index in [9.17, 15) is 4.79 Å². The van der Waals surface area contributed by atoms with E-state index in [2.05, 4.69) is 23.9 Å². The number of nitrogens with zero attached hydrogens (tertiary/aromatic N) is 3. The van der Waals surface area contributed by atoms with Gasteiger partial charge in [-0.3, -0.25) is 4.79 Å². The Labute approximate surface area is 114 Å². The van der Waals surface area contributed by atoms with Crippen LogP contribution in [0.15, 0.2) is 6.33 Å². The van der Waals surface area contributed by atoms with E-state index in [1.165, 1.54) is 12.7 Å². The van der Waals surface area contributed by atoms with E-state index in [-0.39, 0.29) is 11.9 Å². The molecular formula is C14H23N3O2. The highest BCUT2D eigenvalue weighted by Gasteiger charge is 2.19. The highest BCUT2D eigenvalue weighted by atomic mass is 16.5. The number of rotatable bonds is 6. The molecule has 1 atom stereocenters. The molecule has 1 fully saturated rings. The van der Waals surface area contributed by atoms with Crippen molar-refractivity contribution in [1.82, 2.24) is 14.8 Å². The van der Waals surface area contributed by atoms with E-state index in [1.807, 2.05) is 4.68 Å². The van der Waals surface area contributed by atoms with Crippen LogP contribution >= 0.6 is 0 Å². The fraction of sp³-hybridized carbons (Fsp3) is 0.786. The van der Waals surface area contributed by atoms with E-state index < -0.39 is 0 Å². The van der Waals surface area contributed by atoms with E-state index in [0.717, 1.165) is 31.8 Å². The van der Waals surface area contributed by atoms with Gasteiger partial charge >= 0.3 is 0 Å². The fourth-order valence-electron chi connectivity index (χ4n) is 2.39. The Bertz CT molecular complexity index is 409. The summed E-state index contributed by atoms with van der Waals surface area (Å²) in [4.78, 5) is 16.2. The van der Waals surface area contributed by atoms with Crippen LogP contribution in [0.5, 0.6) is 0 Å². The lowest BCUT2D eigenvalue weighted by atomic mass is 10.0. The van der Waals surface area contributed by atoms with Gasteiger partial charge in [0.15, 0.2) is 0 Å². The normalized spacial score (nSPS) is 19.8. The van der Waals surface area contributed by atoms with Crippen LogP contribution in [0.1, 0.15) is 45.4 Å². The molecule has 0 aliphatic carbocycles. The Kier molecular flexibility index (Phi) is 5.07. The molecule has 2 heterocycles. The summed E-state index contributed by atoms with van der Waals surface area (Å²) in [7, 11) is 0. The second-order valence-corrected chi connectivity index (χ2v) is 5.66. The van der Waals surface area contributed by atoms with Gasteiger partial charge in [0.2, 0.25) is 0 Å². The first-order valence-corrected chi connectivity index (χ1v) is 7.15. The number of carbonyl (C=O) groups excluding carboxylic acids is 1. The zero-order valence-corrected chi connectivity index (χ0v) is 11.8. The number of Topliss-reactive ketones (excluding diaryl/α,β-unsaturated/α-hetero) is 1. The molecule has 1 aliphatic heterocycles. The third-order valence-electron chi connectivity index (χ3n) is 3.32. The largest absolute Gasteiger partial charge is 0.378 e. The van der Waals surface area contributed by atoms with Gasteiger partial charge in [0.1, 0.15) is 17.9 Å². The third kappa shape index (κ3) is 4.42. The highest BCUT2D eigenvalue weighted by molar-refractivity contribution is 5.80. The average molecular weight is 265 g/mol. The second-order valence-electron chi connectivity index (χ2n) is 5.66. The summed E-state index contributed by atoms with van der Waals surface area (Å²) in [5.74, 6) is 1.47. The van der Waals surface area contributed by atoms with E-state index in [0.29, 0.717) is 18.8 Å². The predicted octanol–water partition coefficient (Wildman–Crippen LogP) is 2.00. The van der Waals surface area contributed by atoms with Crippen molar-refractivity contribution in [1.29, 1.82) is 0 Å². The minimum Gasteiger partial charge on any atom is -0.378 e. The Morgan fingerprint density at radius 2 is 2.37 bits per heavy atom. The monoisotopic (exact) mass is 265 g/mol. The van der Waals surface area contributed by atoms with Gasteiger partial charge in [-0.2, -0.15) is 5.10 Å². The smallest absolute Gasteiger partial charge is 0.143 e. The maximum Gasteiger partial charge on any atom is 0.143 e. The van der Waals surface area contributed by atoms with Crippen LogP contribution < -0.4 is 0 Å². The van der Waals surface area contributed by atoms with Crippen molar-refractivity contribution in [3.8, 4) is 0 Å². The van der Waals surface area contributed by atoms with Crippen molar-refractivity contribution in [3.05, 3.63) is 12.2 Å². The molecule has 0 bridgehead atoms. The zero-order valence-electron chi connectivity index (χ0n) is 11.8. The Morgan fingerprint density at radius 1 is 1.53 bits per heavy atom. The van der Waals surface area contributed by atoms with E-state index in [1.54, 1.807) is 0 Å². The molecule has 5 nitrogen and oxygen atoms in total. The van der Waals surface area contributed by atoms with Crippen molar-refractivity contribution in [3.63, 3.8) is 0 Å². The molecule has 5 heteroatoms. The van der Waals surface area contributed by atoms with Gasteiger partial charge in [0.25, 0.3) is 0 Å². The van der Waals surface area contributed by atoms with Gasteiger partial charge < -0.3 is 4.74 Å². The molecule has 0 spiro atoms. The van der Waals surface area contributed by atoms with Crippen LogP contribution in [-0.2, 0) is 22.5 Å². The number of aromatic nitrogens is 3. The van der Waals surface area contributed by atoms with Gasteiger partial charge in [0.05, 0.1) is 12.5 Å². The van der Waals surface area contributed by atoms with Gasteiger partial charge in [-0.05, 0) is 25.2 Å². The minimum absolute atomic E-state index is 0.114. The van der Waals surface area contributed by atoms with Crippen LogP contribution in [0.3, 0.4) is 0 Å². The van der Waals surface area contributed by atoms with Crippen LogP contribution in [-0.4, -0.2) is 33.3 Å². The molecule has 0 saturated carbocycles. The summed E-state index contributed by atoms with van der Waals surface area (Å²) in [5, 5.41) is 4.18. The first-order valence-electron chi connectivity index (χ1n) is 7.15.